The van der Waals surface area contributed by atoms with Crippen molar-refractivity contribution in [1.82, 2.24) is 0 Å². The quantitative estimate of drug-likeness (QED) is 0.749. The SMILES string of the molecule is CCc1ccc(CC(=O)CBr)c(CC)c1. The Labute approximate surface area is 100 Å². The summed E-state index contributed by atoms with van der Waals surface area (Å²) in [5.74, 6) is 0.244. The lowest BCUT2D eigenvalue weighted by atomic mass is 9.97. The van der Waals surface area contributed by atoms with Crippen LogP contribution < -0.4 is 0 Å². The highest BCUT2D eigenvalue weighted by Gasteiger charge is 2.06. The van der Waals surface area contributed by atoms with Crippen LogP contribution in [0.3, 0.4) is 0 Å². The third kappa shape index (κ3) is 3.45. The van der Waals surface area contributed by atoms with Gasteiger partial charge in [0.25, 0.3) is 0 Å². The standard InChI is InChI=1S/C13H17BrO/c1-3-10-5-6-12(8-13(15)9-14)11(4-2)7-10/h5-7H,3-4,8-9H2,1-2H3. The highest BCUT2D eigenvalue weighted by molar-refractivity contribution is 9.09. The molecule has 0 saturated carbocycles. The fourth-order valence-corrected chi connectivity index (χ4v) is 1.86. The number of hydrogen-bond donors (Lipinski definition) is 0. The molecule has 0 fully saturated rings. The van der Waals surface area contributed by atoms with E-state index in [1.54, 1.807) is 0 Å². The number of halogens is 1. The summed E-state index contributed by atoms with van der Waals surface area (Å²) in [6.07, 6.45) is 2.61. The van der Waals surface area contributed by atoms with E-state index < -0.39 is 0 Å². The van der Waals surface area contributed by atoms with Gasteiger partial charge in [-0.2, -0.15) is 0 Å². The lowest BCUT2D eigenvalue weighted by Crippen LogP contribution is -2.06. The normalized spacial score (nSPS) is 10.3. The molecule has 1 rings (SSSR count). The molecule has 0 bridgehead atoms. The Morgan fingerprint density at radius 2 is 1.93 bits per heavy atom. The fraction of sp³-hybridized carbons (Fsp3) is 0.462. The summed E-state index contributed by atoms with van der Waals surface area (Å²) in [5.41, 5.74) is 3.84. The lowest BCUT2D eigenvalue weighted by molar-refractivity contribution is -0.115. The summed E-state index contributed by atoms with van der Waals surface area (Å²) in [7, 11) is 0. The van der Waals surface area contributed by atoms with E-state index in [1.165, 1.54) is 16.7 Å². The first-order chi connectivity index (χ1) is 7.21. The van der Waals surface area contributed by atoms with Crippen molar-refractivity contribution in [2.45, 2.75) is 33.1 Å². The minimum Gasteiger partial charge on any atom is -0.298 e. The molecule has 0 unspecified atom stereocenters. The maximum Gasteiger partial charge on any atom is 0.147 e. The van der Waals surface area contributed by atoms with Gasteiger partial charge in [-0.05, 0) is 29.5 Å². The molecular formula is C13H17BrO. The number of benzene rings is 1. The van der Waals surface area contributed by atoms with Crippen LogP contribution in [0.2, 0.25) is 0 Å². The van der Waals surface area contributed by atoms with Gasteiger partial charge in [-0.1, -0.05) is 48.0 Å². The number of Topliss-reactive ketones (excluding diaryl/α,β-unsaturated/α-hetero) is 1. The molecule has 1 aromatic carbocycles. The Kier molecular flexibility index (Phi) is 5.03. The van der Waals surface area contributed by atoms with Gasteiger partial charge in [-0.25, -0.2) is 0 Å². The van der Waals surface area contributed by atoms with E-state index in [0.29, 0.717) is 11.8 Å². The molecule has 0 N–H and O–H groups in total. The van der Waals surface area contributed by atoms with Gasteiger partial charge in [0.05, 0.1) is 5.33 Å². The number of alkyl halides is 1. The van der Waals surface area contributed by atoms with E-state index in [1.807, 2.05) is 0 Å². The molecule has 0 atom stereocenters. The third-order valence-corrected chi connectivity index (χ3v) is 3.22. The Morgan fingerprint density at radius 3 is 2.47 bits per heavy atom. The molecule has 0 aromatic heterocycles. The second-order valence-electron chi connectivity index (χ2n) is 3.66. The zero-order valence-electron chi connectivity index (χ0n) is 9.35. The van der Waals surface area contributed by atoms with Gasteiger partial charge >= 0.3 is 0 Å². The third-order valence-electron chi connectivity index (χ3n) is 2.60. The van der Waals surface area contributed by atoms with Gasteiger partial charge in [0, 0.05) is 6.42 Å². The minimum absolute atomic E-state index is 0.244. The van der Waals surface area contributed by atoms with E-state index in [9.17, 15) is 4.79 Å². The van der Waals surface area contributed by atoms with Crippen molar-refractivity contribution in [3.63, 3.8) is 0 Å². The van der Waals surface area contributed by atoms with E-state index in [0.717, 1.165) is 12.8 Å². The first-order valence-electron chi connectivity index (χ1n) is 5.39. The Morgan fingerprint density at radius 1 is 1.20 bits per heavy atom. The molecule has 2 heteroatoms. The Hall–Kier alpha value is -0.630. The van der Waals surface area contributed by atoms with Crippen molar-refractivity contribution in [2.24, 2.45) is 0 Å². The van der Waals surface area contributed by atoms with Gasteiger partial charge in [0.1, 0.15) is 5.78 Å². The van der Waals surface area contributed by atoms with Gasteiger partial charge < -0.3 is 0 Å². The van der Waals surface area contributed by atoms with Crippen LogP contribution >= 0.6 is 15.9 Å². The summed E-state index contributed by atoms with van der Waals surface area (Å²) >= 11 is 3.20. The summed E-state index contributed by atoms with van der Waals surface area (Å²) < 4.78 is 0. The van der Waals surface area contributed by atoms with Crippen LogP contribution in [0.5, 0.6) is 0 Å². The number of rotatable bonds is 5. The van der Waals surface area contributed by atoms with Gasteiger partial charge in [0.2, 0.25) is 0 Å². The number of hydrogen-bond acceptors (Lipinski definition) is 1. The molecule has 0 aliphatic carbocycles. The number of carbonyl (C=O) groups is 1. The summed E-state index contributed by atoms with van der Waals surface area (Å²) in [6.45, 7) is 4.29. The molecule has 0 aliphatic heterocycles. The zero-order chi connectivity index (χ0) is 11.3. The molecule has 15 heavy (non-hydrogen) atoms. The fourth-order valence-electron chi connectivity index (χ4n) is 1.66. The number of carbonyl (C=O) groups excluding carboxylic acids is 1. The van der Waals surface area contributed by atoms with Crippen molar-refractivity contribution >= 4 is 21.7 Å². The number of aryl methyl sites for hydroxylation is 2. The molecule has 0 heterocycles. The maximum atomic E-state index is 11.4. The first kappa shape index (κ1) is 12.4. The lowest BCUT2D eigenvalue weighted by Gasteiger charge is -2.08. The first-order valence-corrected chi connectivity index (χ1v) is 6.51. The topological polar surface area (TPSA) is 17.1 Å². The molecule has 1 aromatic rings. The van der Waals surface area contributed by atoms with Gasteiger partial charge in [0.15, 0.2) is 0 Å². The average molecular weight is 269 g/mol. The smallest absolute Gasteiger partial charge is 0.147 e. The zero-order valence-corrected chi connectivity index (χ0v) is 10.9. The molecule has 82 valence electrons. The van der Waals surface area contributed by atoms with Crippen LogP contribution in [-0.4, -0.2) is 11.1 Å². The number of ketones is 1. The van der Waals surface area contributed by atoms with Crippen molar-refractivity contribution in [1.29, 1.82) is 0 Å². The second-order valence-corrected chi connectivity index (χ2v) is 4.22. The molecule has 0 spiro atoms. The van der Waals surface area contributed by atoms with Crippen molar-refractivity contribution in [3.8, 4) is 0 Å². The average Bonchev–Trinajstić information content (AvgIpc) is 2.29. The minimum atomic E-state index is 0.244. The maximum absolute atomic E-state index is 11.4. The highest BCUT2D eigenvalue weighted by Crippen LogP contribution is 2.14. The summed E-state index contributed by atoms with van der Waals surface area (Å²) in [4.78, 5) is 11.4. The van der Waals surface area contributed by atoms with E-state index in [2.05, 4.69) is 48.0 Å². The van der Waals surface area contributed by atoms with Crippen LogP contribution in [0, 0.1) is 0 Å². The molecule has 0 radical (unpaired) electrons. The molecule has 1 nitrogen and oxygen atoms in total. The van der Waals surface area contributed by atoms with Crippen LogP contribution in [0.4, 0.5) is 0 Å². The van der Waals surface area contributed by atoms with E-state index >= 15 is 0 Å². The monoisotopic (exact) mass is 268 g/mol. The summed E-state index contributed by atoms with van der Waals surface area (Å²) in [6, 6.07) is 6.44. The Balaban J connectivity index is 2.92. The molecule has 0 aliphatic rings. The van der Waals surface area contributed by atoms with Gasteiger partial charge in [-0.15, -0.1) is 0 Å². The Bertz CT molecular complexity index is 344. The van der Waals surface area contributed by atoms with E-state index in [4.69, 9.17) is 0 Å². The second kappa shape index (κ2) is 6.06. The van der Waals surface area contributed by atoms with E-state index in [-0.39, 0.29) is 5.78 Å². The van der Waals surface area contributed by atoms with Crippen LogP contribution in [0.15, 0.2) is 18.2 Å². The van der Waals surface area contributed by atoms with Crippen LogP contribution in [-0.2, 0) is 24.1 Å². The van der Waals surface area contributed by atoms with Crippen LogP contribution in [0.25, 0.3) is 0 Å². The summed E-state index contributed by atoms with van der Waals surface area (Å²) in [5, 5.41) is 0.450. The largest absolute Gasteiger partial charge is 0.298 e. The van der Waals surface area contributed by atoms with Crippen molar-refractivity contribution in [2.75, 3.05) is 5.33 Å². The van der Waals surface area contributed by atoms with Crippen molar-refractivity contribution in [3.05, 3.63) is 34.9 Å². The van der Waals surface area contributed by atoms with Crippen LogP contribution in [0.1, 0.15) is 30.5 Å². The molecule has 0 saturated heterocycles. The van der Waals surface area contributed by atoms with Crippen molar-refractivity contribution < 1.29 is 4.79 Å². The highest BCUT2D eigenvalue weighted by atomic mass is 79.9. The molecular weight excluding hydrogens is 252 g/mol. The van der Waals surface area contributed by atoms with Gasteiger partial charge in [-0.3, -0.25) is 4.79 Å². The predicted molar refractivity (Wildman–Crippen MR) is 67.7 cm³/mol. The molecule has 0 amide bonds. The predicted octanol–water partition coefficient (Wildman–Crippen LogP) is 3.32.